The van der Waals surface area contributed by atoms with Gasteiger partial charge in [0.15, 0.2) is 6.10 Å². The van der Waals surface area contributed by atoms with Crippen LogP contribution < -0.4 is 4.74 Å². The van der Waals surface area contributed by atoms with Crippen LogP contribution in [0.15, 0.2) is 24.4 Å². The summed E-state index contributed by atoms with van der Waals surface area (Å²) >= 11 is 5.90. The highest BCUT2D eigenvalue weighted by Crippen LogP contribution is 2.36. The first-order valence-electron chi connectivity index (χ1n) is 7.49. The van der Waals surface area contributed by atoms with Crippen LogP contribution in [0.5, 0.6) is 5.88 Å². The quantitative estimate of drug-likeness (QED) is 0.410. The SMILES string of the molecule is CCOC(=O)C(C)Oc1c([N+](=O)[O-])cnn1-c1ccc(C(F)(F)F)cc1Cl. The number of hydrogen-bond donors (Lipinski definition) is 0. The summed E-state index contributed by atoms with van der Waals surface area (Å²) < 4.78 is 49.2. The van der Waals surface area contributed by atoms with E-state index in [0.717, 1.165) is 23.0 Å². The maximum Gasteiger partial charge on any atom is 0.416 e. The molecule has 8 nitrogen and oxygen atoms in total. The maximum absolute atomic E-state index is 12.8. The van der Waals surface area contributed by atoms with Gasteiger partial charge in [-0.1, -0.05) is 11.6 Å². The van der Waals surface area contributed by atoms with Gasteiger partial charge in [-0.2, -0.15) is 23.0 Å². The first-order valence-corrected chi connectivity index (χ1v) is 7.86. The van der Waals surface area contributed by atoms with Gasteiger partial charge in [-0.25, -0.2) is 4.79 Å². The molecule has 1 heterocycles. The molecule has 0 spiro atoms. The average Bonchev–Trinajstić information content (AvgIpc) is 2.97. The van der Waals surface area contributed by atoms with Crippen LogP contribution in [0.4, 0.5) is 18.9 Å². The van der Waals surface area contributed by atoms with Crippen LogP contribution in [0.1, 0.15) is 19.4 Å². The number of alkyl halides is 3. The second-order valence-corrected chi connectivity index (χ2v) is 5.59. The molecule has 0 saturated heterocycles. The van der Waals surface area contributed by atoms with E-state index in [9.17, 15) is 28.1 Å². The Hall–Kier alpha value is -2.82. The fourth-order valence-electron chi connectivity index (χ4n) is 2.07. The third-order valence-electron chi connectivity index (χ3n) is 3.31. The van der Waals surface area contributed by atoms with E-state index in [-0.39, 0.29) is 17.3 Å². The summed E-state index contributed by atoms with van der Waals surface area (Å²) in [5.41, 5.74) is -1.69. The van der Waals surface area contributed by atoms with E-state index < -0.39 is 40.3 Å². The molecule has 146 valence electrons. The van der Waals surface area contributed by atoms with Crippen molar-refractivity contribution in [3.05, 3.63) is 45.1 Å². The topological polar surface area (TPSA) is 96.5 Å². The number of halogens is 4. The average molecular weight is 408 g/mol. The highest BCUT2D eigenvalue weighted by Gasteiger charge is 2.32. The summed E-state index contributed by atoms with van der Waals surface area (Å²) in [5, 5.41) is 14.6. The molecule has 1 aromatic carbocycles. The lowest BCUT2D eigenvalue weighted by molar-refractivity contribution is -0.386. The van der Waals surface area contributed by atoms with Crippen LogP contribution in [-0.4, -0.2) is 33.4 Å². The van der Waals surface area contributed by atoms with Crippen molar-refractivity contribution in [2.75, 3.05) is 6.61 Å². The Morgan fingerprint density at radius 3 is 2.63 bits per heavy atom. The van der Waals surface area contributed by atoms with Crippen LogP contribution in [0.2, 0.25) is 5.02 Å². The monoisotopic (exact) mass is 407 g/mol. The molecule has 0 aliphatic carbocycles. The molecule has 2 aromatic rings. The molecule has 0 aliphatic rings. The van der Waals surface area contributed by atoms with Crippen molar-refractivity contribution in [2.45, 2.75) is 26.1 Å². The van der Waals surface area contributed by atoms with Crippen molar-refractivity contribution in [3.8, 4) is 11.6 Å². The Balaban J connectivity index is 2.49. The highest BCUT2D eigenvalue weighted by molar-refractivity contribution is 6.32. The van der Waals surface area contributed by atoms with Gasteiger partial charge in [0.1, 0.15) is 6.20 Å². The molecule has 0 N–H and O–H groups in total. The number of carbonyl (C=O) groups is 1. The smallest absolute Gasteiger partial charge is 0.416 e. The van der Waals surface area contributed by atoms with E-state index in [1.807, 2.05) is 0 Å². The van der Waals surface area contributed by atoms with E-state index in [1.54, 1.807) is 6.92 Å². The Labute approximate surface area is 155 Å². The third-order valence-corrected chi connectivity index (χ3v) is 3.62. The van der Waals surface area contributed by atoms with Crippen LogP contribution in [0.3, 0.4) is 0 Å². The van der Waals surface area contributed by atoms with Gasteiger partial charge < -0.3 is 9.47 Å². The molecule has 0 bridgehead atoms. The molecule has 0 amide bonds. The molecule has 12 heteroatoms. The zero-order valence-electron chi connectivity index (χ0n) is 14.0. The zero-order valence-corrected chi connectivity index (χ0v) is 14.7. The molecular weight excluding hydrogens is 395 g/mol. The van der Waals surface area contributed by atoms with Crippen molar-refractivity contribution < 1.29 is 32.4 Å². The van der Waals surface area contributed by atoms with Crippen molar-refractivity contribution in [1.29, 1.82) is 0 Å². The highest BCUT2D eigenvalue weighted by atomic mass is 35.5. The first kappa shape index (κ1) is 20.5. The Morgan fingerprint density at radius 2 is 2.11 bits per heavy atom. The van der Waals surface area contributed by atoms with Gasteiger partial charge in [-0.05, 0) is 32.0 Å². The number of hydrogen-bond acceptors (Lipinski definition) is 6. The molecule has 1 aromatic heterocycles. The number of aromatic nitrogens is 2. The molecule has 1 atom stereocenters. The lowest BCUT2D eigenvalue weighted by Crippen LogP contribution is -2.27. The Bertz CT molecular complexity index is 869. The largest absolute Gasteiger partial charge is 0.463 e. The summed E-state index contributed by atoms with van der Waals surface area (Å²) in [6.07, 6.45) is -5.01. The first-order chi connectivity index (χ1) is 12.6. The molecule has 0 radical (unpaired) electrons. The predicted molar refractivity (Wildman–Crippen MR) is 87.0 cm³/mol. The van der Waals surface area contributed by atoms with E-state index >= 15 is 0 Å². The van der Waals surface area contributed by atoms with Crippen LogP contribution in [0, 0.1) is 10.1 Å². The molecule has 2 rings (SSSR count). The third kappa shape index (κ3) is 4.48. The van der Waals surface area contributed by atoms with E-state index in [2.05, 4.69) is 5.10 Å². The molecule has 0 saturated carbocycles. The minimum absolute atomic E-state index is 0.0681. The number of nitro groups is 1. The minimum Gasteiger partial charge on any atom is -0.463 e. The van der Waals surface area contributed by atoms with Crippen LogP contribution in [0.25, 0.3) is 5.69 Å². The Morgan fingerprint density at radius 1 is 1.44 bits per heavy atom. The number of esters is 1. The molecule has 0 fully saturated rings. The fourth-order valence-corrected chi connectivity index (χ4v) is 2.33. The van der Waals surface area contributed by atoms with E-state index in [4.69, 9.17) is 21.1 Å². The van der Waals surface area contributed by atoms with Crippen molar-refractivity contribution in [1.82, 2.24) is 9.78 Å². The predicted octanol–water partition coefficient (Wildman–Crippen LogP) is 3.78. The Kier molecular flexibility index (Phi) is 5.94. The molecule has 1 unspecified atom stereocenters. The van der Waals surface area contributed by atoms with Crippen LogP contribution >= 0.6 is 11.6 Å². The maximum atomic E-state index is 12.8. The number of nitrogens with zero attached hydrogens (tertiary/aromatic N) is 3. The van der Waals surface area contributed by atoms with Crippen molar-refractivity contribution in [3.63, 3.8) is 0 Å². The summed E-state index contributed by atoms with van der Waals surface area (Å²) in [6, 6.07) is 2.39. The number of ether oxygens (including phenoxy) is 2. The van der Waals surface area contributed by atoms with E-state index in [0.29, 0.717) is 6.07 Å². The van der Waals surface area contributed by atoms with Gasteiger partial charge in [-0.15, -0.1) is 0 Å². The number of benzene rings is 1. The second-order valence-electron chi connectivity index (χ2n) is 5.18. The lowest BCUT2D eigenvalue weighted by atomic mass is 10.2. The summed E-state index contributed by atoms with van der Waals surface area (Å²) in [6.45, 7) is 2.94. The molecule has 0 aliphatic heterocycles. The fraction of sp³-hybridized carbons (Fsp3) is 0.333. The molecular formula is C15H13ClF3N3O5. The number of carbonyl (C=O) groups excluding carboxylic acids is 1. The minimum atomic E-state index is -4.62. The van der Waals surface area contributed by atoms with Crippen molar-refractivity contribution in [2.24, 2.45) is 0 Å². The second kappa shape index (κ2) is 7.82. The number of rotatable bonds is 6. The van der Waals surface area contributed by atoms with E-state index in [1.165, 1.54) is 6.92 Å². The van der Waals surface area contributed by atoms with Gasteiger partial charge >= 0.3 is 17.8 Å². The summed E-state index contributed by atoms with van der Waals surface area (Å²) in [5.74, 6) is -1.25. The van der Waals surface area contributed by atoms with Gasteiger partial charge in [0.05, 0.1) is 27.8 Å². The van der Waals surface area contributed by atoms with Crippen molar-refractivity contribution >= 4 is 23.3 Å². The summed E-state index contributed by atoms with van der Waals surface area (Å²) in [7, 11) is 0. The summed E-state index contributed by atoms with van der Waals surface area (Å²) in [4.78, 5) is 22.1. The molecule has 27 heavy (non-hydrogen) atoms. The van der Waals surface area contributed by atoms with Gasteiger partial charge in [0, 0.05) is 0 Å². The van der Waals surface area contributed by atoms with Gasteiger partial charge in [0.2, 0.25) is 0 Å². The van der Waals surface area contributed by atoms with Gasteiger partial charge in [0.25, 0.3) is 5.88 Å². The standard InChI is InChI=1S/C15H13ClF3N3O5/c1-3-26-14(23)8(2)27-13-12(22(24)25)7-20-21(13)11-5-4-9(6-10(11)16)15(17,18)19/h4-8H,3H2,1-2H3. The van der Waals surface area contributed by atoms with Crippen LogP contribution in [-0.2, 0) is 15.7 Å². The van der Waals surface area contributed by atoms with Gasteiger partial charge in [-0.3, -0.25) is 10.1 Å². The lowest BCUT2D eigenvalue weighted by Gasteiger charge is -2.15. The normalized spacial score (nSPS) is 12.5. The zero-order chi connectivity index (χ0) is 20.4.